The fourth-order valence-electron chi connectivity index (χ4n) is 2.32. The van der Waals surface area contributed by atoms with Gasteiger partial charge in [-0.15, -0.1) is 0 Å². The standard InChI is InChI=1S/C11H15FN2/c12-10-9(3-1-8-14-10)11(6-7-13)4-2-5-11/h1,3,8H,2,4-7,13H2. The number of pyridine rings is 1. The van der Waals surface area contributed by atoms with Crippen molar-refractivity contribution < 1.29 is 4.39 Å². The summed E-state index contributed by atoms with van der Waals surface area (Å²) in [5, 5.41) is 0. The first-order valence-corrected chi connectivity index (χ1v) is 5.10. The highest BCUT2D eigenvalue weighted by molar-refractivity contribution is 5.26. The molecule has 0 saturated heterocycles. The van der Waals surface area contributed by atoms with E-state index in [1.165, 1.54) is 12.6 Å². The van der Waals surface area contributed by atoms with Crippen molar-refractivity contribution in [1.82, 2.24) is 4.98 Å². The van der Waals surface area contributed by atoms with E-state index in [1.807, 2.05) is 6.07 Å². The van der Waals surface area contributed by atoms with E-state index in [0.717, 1.165) is 24.8 Å². The Labute approximate surface area is 83.3 Å². The fraction of sp³-hybridized carbons (Fsp3) is 0.545. The third kappa shape index (κ3) is 1.42. The zero-order chi connectivity index (χ0) is 10.0. The predicted molar refractivity (Wildman–Crippen MR) is 53.4 cm³/mol. The van der Waals surface area contributed by atoms with Crippen LogP contribution in [0.1, 0.15) is 31.2 Å². The Balaban J connectivity index is 2.32. The molecule has 0 amide bonds. The van der Waals surface area contributed by atoms with Crippen molar-refractivity contribution in [2.24, 2.45) is 5.73 Å². The molecule has 2 N–H and O–H groups in total. The molecule has 1 aromatic rings. The topological polar surface area (TPSA) is 38.9 Å². The summed E-state index contributed by atoms with van der Waals surface area (Å²) in [6.07, 6.45) is 5.64. The van der Waals surface area contributed by atoms with E-state index >= 15 is 0 Å². The molecule has 1 aliphatic rings. The van der Waals surface area contributed by atoms with Gasteiger partial charge in [0.1, 0.15) is 0 Å². The van der Waals surface area contributed by atoms with Crippen LogP contribution in [0, 0.1) is 5.95 Å². The Morgan fingerprint density at radius 3 is 2.79 bits per heavy atom. The molecule has 1 saturated carbocycles. The first kappa shape index (κ1) is 9.59. The Hall–Kier alpha value is -0.960. The summed E-state index contributed by atoms with van der Waals surface area (Å²) in [5.74, 6) is -0.319. The van der Waals surface area contributed by atoms with Gasteiger partial charge in [0.15, 0.2) is 0 Å². The van der Waals surface area contributed by atoms with Crippen LogP contribution in [0.2, 0.25) is 0 Å². The summed E-state index contributed by atoms with van der Waals surface area (Å²) in [6.45, 7) is 0.619. The Morgan fingerprint density at radius 2 is 2.29 bits per heavy atom. The number of hydrogen-bond donors (Lipinski definition) is 1. The van der Waals surface area contributed by atoms with Gasteiger partial charge in [-0.05, 0) is 31.9 Å². The Bertz CT molecular complexity index is 321. The average Bonchev–Trinajstić information content (AvgIpc) is 2.13. The lowest BCUT2D eigenvalue weighted by Crippen LogP contribution is -2.37. The number of nitrogens with two attached hydrogens (primary N) is 1. The maximum atomic E-state index is 13.5. The second-order valence-electron chi connectivity index (χ2n) is 4.01. The molecule has 1 heterocycles. The molecule has 1 aromatic heterocycles. The molecule has 0 aromatic carbocycles. The highest BCUT2D eigenvalue weighted by Gasteiger charge is 2.39. The second-order valence-corrected chi connectivity index (χ2v) is 4.01. The van der Waals surface area contributed by atoms with Gasteiger partial charge >= 0.3 is 0 Å². The van der Waals surface area contributed by atoms with Crippen LogP contribution in [0.5, 0.6) is 0 Å². The van der Waals surface area contributed by atoms with Crippen LogP contribution in [0.4, 0.5) is 4.39 Å². The lowest BCUT2D eigenvalue weighted by atomic mass is 9.63. The van der Waals surface area contributed by atoms with E-state index < -0.39 is 0 Å². The number of aromatic nitrogens is 1. The van der Waals surface area contributed by atoms with Gasteiger partial charge in [-0.3, -0.25) is 0 Å². The molecule has 0 spiro atoms. The molecule has 0 unspecified atom stereocenters. The molecule has 0 bridgehead atoms. The maximum Gasteiger partial charge on any atom is 0.216 e. The number of rotatable bonds is 3. The van der Waals surface area contributed by atoms with Crippen molar-refractivity contribution in [3.8, 4) is 0 Å². The number of nitrogens with zero attached hydrogens (tertiary/aromatic N) is 1. The van der Waals surface area contributed by atoms with E-state index in [9.17, 15) is 4.39 Å². The molecular formula is C11H15FN2. The zero-order valence-corrected chi connectivity index (χ0v) is 8.17. The lowest BCUT2D eigenvalue weighted by Gasteiger charge is -2.42. The summed E-state index contributed by atoms with van der Waals surface area (Å²) >= 11 is 0. The van der Waals surface area contributed by atoms with Gasteiger partial charge in [0, 0.05) is 17.2 Å². The summed E-state index contributed by atoms with van der Waals surface area (Å²) in [5.41, 5.74) is 6.32. The molecule has 0 radical (unpaired) electrons. The highest BCUT2D eigenvalue weighted by atomic mass is 19.1. The van der Waals surface area contributed by atoms with Crippen molar-refractivity contribution in [2.45, 2.75) is 31.1 Å². The first-order chi connectivity index (χ1) is 6.78. The molecule has 14 heavy (non-hydrogen) atoms. The average molecular weight is 194 g/mol. The normalized spacial score (nSPS) is 19.0. The van der Waals surface area contributed by atoms with Crippen molar-refractivity contribution in [1.29, 1.82) is 0 Å². The van der Waals surface area contributed by atoms with Gasteiger partial charge in [-0.1, -0.05) is 12.5 Å². The van der Waals surface area contributed by atoms with Crippen LogP contribution in [0.3, 0.4) is 0 Å². The summed E-state index contributed by atoms with van der Waals surface area (Å²) in [4.78, 5) is 3.70. The number of hydrogen-bond acceptors (Lipinski definition) is 2. The van der Waals surface area contributed by atoms with Crippen LogP contribution in [0.25, 0.3) is 0 Å². The van der Waals surface area contributed by atoms with Gasteiger partial charge < -0.3 is 5.73 Å². The first-order valence-electron chi connectivity index (χ1n) is 5.10. The molecular weight excluding hydrogens is 179 g/mol. The van der Waals surface area contributed by atoms with Gasteiger partial charge in [0.2, 0.25) is 5.95 Å². The van der Waals surface area contributed by atoms with E-state index in [4.69, 9.17) is 5.73 Å². The van der Waals surface area contributed by atoms with Crippen LogP contribution in [-0.4, -0.2) is 11.5 Å². The lowest BCUT2D eigenvalue weighted by molar-refractivity contribution is 0.220. The third-order valence-corrected chi connectivity index (χ3v) is 3.26. The molecule has 2 nitrogen and oxygen atoms in total. The van der Waals surface area contributed by atoms with Gasteiger partial charge in [-0.2, -0.15) is 4.39 Å². The van der Waals surface area contributed by atoms with Crippen molar-refractivity contribution in [2.75, 3.05) is 6.54 Å². The monoisotopic (exact) mass is 194 g/mol. The van der Waals surface area contributed by atoms with Crippen molar-refractivity contribution in [3.05, 3.63) is 29.8 Å². The molecule has 2 rings (SSSR count). The van der Waals surface area contributed by atoms with E-state index in [0.29, 0.717) is 6.54 Å². The largest absolute Gasteiger partial charge is 0.330 e. The van der Waals surface area contributed by atoms with Crippen molar-refractivity contribution >= 4 is 0 Å². The molecule has 76 valence electrons. The molecule has 1 aliphatic carbocycles. The molecule has 1 fully saturated rings. The fourth-order valence-corrected chi connectivity index (χ4v) is 2.32. The summed E-state index contributed by atoms with van der Waals surface area (Å²) in [6, 6.07) is 3.64. The van der Waals surface area contributed by atoms with Crippen LogP contribution in [-0.2, 0) is 5.41 Å². The highest BCUT2D eigenvalue weighted by Crippen LogP contribution is 2.46. The SMILES string of the molecule is NCCC1(c2cccnc2F)CCC1. The summed E-state index contributed by atoms with van der Waals surface area (Å²) < 4.78 is 13.5. The minimum absolute atomic E-state index is 0.00685. The predicted octanol–water partition coefficient (Wildman–Crippen LogP) is 1.99. The maximum absolute atomic E-state index is 13.5. The Kier molecular flexibility index (Phi) is 2.50. The quantitative estimate of drug-likeness (QED) is 0.747. The molecule has 0 atom stereocenters. The minimum atomic E-state index is -0.319. The molecule has 3 heteroatoms. The van der Waals surface area contributed by atoms with Crippen LogP contribution < -0.4 is 5.73 Å². The van der Waals surface area contributed by atoms with E-state index in [2.05, 4.69) is 4.98 Å². The van der Waals surface area contributed by atoms with Crippen LogP contribution >= 0.6 is 0 Å². The minimum Gasteiger partial charge on any atom is -0.330 e. The Morgan fingerprint density at radius 1 is 1.50 bits per heavy atom. The van der Waals surface area contributed by atoms with E-state index in [1.54, 1.807) is 6.07 Å². The zero-order valence-electron chi connectivity index (χ0n) is 8.17. The third-order valence-electron chi connectivity index (χ3n) is 3.26. The molecule has 0 aliphatic heterocycles. The van der Waals surface area contributed by atoms with Gasteiger partial charge in [0.25, 0.3) is 0 Å². The second kappa shape index (κ2) is 3.65. The van der Waals surface area contributed by atoms with Gasteiger partial charge in [-0.25, -0.2) is 4.98 Å². The van der Waals surface area contributed by atoms with E-state index in [-0.39, 0.29) is 11.4 Å². The summed E-state index contributed by atoms with van der Waals surface area (Å²) in [7, 11) is 0. The van der Waals surface area contributed by atoms with Gasteiger partial charge in [0.05, 0.1) is 0 Å². The number of halogens is 1. The van der Waals surface area contributed by atoms with Crippen molar-refractivity contribution in [3.63, 3.8) is 0 Å². The van der Waals surface area contributed by atoms with Crippen LogP contribution in [0.15, 0.2) is 18.3 Å². The smallest absolute Gasteiger partial charge is 0.216 e.